The topological polar surface area (TPSA) is 63.3 Å². The third-order valence-corrected chi connectivity index (χ3v) is 2.61. The molecule has 5 nitrogen and oxygen atoms in total. The van der Waals surface area contributed by atoms with Crippen LogP contribution in [0.1, 0.15) is 5.01 Å². The Morgan fingerprint density at radius 3 is 2.87 bits per heavy atom. The Hall–Kier alpha value is -1.22. The number of nitrogens with zero attached hydrogens (tertiary/aromatic N) is 4. The van der Waals surface area contributed by atoms with E-state index in [0.717, 1.165) is 11.3 Å². The number of hydrogen-bond donors (Lipinski definition) is 1. The van der Waals surface area contributed by atoms with E-state index < -0.39 is 18.7 Å². The van der Waals surface area contributed by atoms with Gasteiger partial charge in [-0.05, 0) is 0 Å². The van der Waals surface area contributed by atoms with Crippen molar-refractivity contribution in [1.29, 1.82) is 0 Å². The Morgan fingerprint density at radius 2 is 2.27 bits per heavy atom. The van der Waals surface area contributed by atoms with E-state index in [2.05, 4.69) is 15.3 Å². The van der Waals surface area contributed by atoms with Crippen LogP contribution < -0.4 is 0 Å². The largest absolute Gasteiger partial charge is 0.414 e. The number of rotatable bonds is 2. The van der Waals surface area contributed by atoms with Crippen molar-refractivity contribution >= 4 is 16.3 Å². The van der Waals surface area contributed by atoms with Crippen LogP contribution in [0, 0.1) is 0 Å². The van der Waals surface area contributed by atoms with Crippen LogP contribution >= 0.6 is 11.3 Å². The van der Waals surface area contributed by atoms with Gasteiger partial charge in [0.25, 0.3) is 0 Å². The normalized spacial score (nSPS) is 14.7. The van der Waals surface area contributed by atoms with E-state index in [4.69, 9.17) is 5.11 Å². The van der Waals surface area contributed by atoms with Crippen LogP contribution in [0.5, 0.6) is 0 Å². The summed E-state index contributed by atoms with van der Waals surface area (Å²) in [5.74, 6) is 0. The third-order valence-electron chi connectivity index (χ3n) is 1.67. The van der Waals surface area contributed by atoms with Crippen LogP contribution in [0.25, 0.3) is 4.96 Å². The lowest BCUT2D eigenvalue weighted by Crippen LogP contribution is -2.30. The summed E-state index contributed by atoms with van der Waals surface area (Å²) < 4.78 is 37.3. The van der Waals surface area contributed by atoms with Gasteiger partial charge in [-0.15, -0.1) is 10.2 Å². The van der Waals surface area contributed by atoms with Gasteiger partial charge in [-0.3, -0.25) is 0 Å². The fourth-order valence-electron chi connectivity index (χ4n) is 0.965. The molecule has 0 aliphatic heterocycles. The van der Waals surface area contributed by atoms with E-state index in [1.807, 2.05) is 0 Å². The summed E-state index contributed by atoms with van der Waals surface area (Å²) in [4.78, 5) is 0.402. The van der Waals surface area contributed by atoms with E-state index >= 15 is 0 Å². The number of halogens is 3. The number of aliphatic hydroxyl groups excluding tert-OH is 1. The molecule has 2 heterocycles. The van der Waals surface area contributed by atoms with Crippen molar-refractivity contribution in [3.63, 3.8) is 0 Å². The quantitative estimate of drug-likeness (QED) is 0.834. The van der Waals surface area contributed by atoms with E-state index in [9.17, 15) is 13.2 Å². The first-order valence-corrected chi connectivity index (χ1v) is 4.69. The molecule has 2 aromatic rings. The highest BCUT2D eigenvalue weighted by Gasteiger charge is 2.38. The molecule has 0 saturated heterocycles. The first-order chi connectivity index (χ1) is 6.97. The zero-order valence-electron chi connectivity index (χ0n) is 7.14. The van der Waals surface area contributed by atoms with Gasteiger partial charge >= 0.3 is 6.18 Å². The highest BCUT2D eigenvalue weighted by molar-refractivity contribution is 7.16. The fraction of sp³-hybridized carbons (Fsp3) is 0.500. The van der Waals surface area contributed by atoms with Gasteiger partial charge in [0, 0.05) is 6.42 Å². The minimum absolute atomic E-state index is 0.171. The maximum Gasteiger partial charge on any atom is 0.414 e. The van der Waals surface area contributed by atoms with E-state index in [1.54, 1.807) is 0 Å². The van der Waals surface area contributed by atoms with Crippen molar-refractivity contribution < 1.29 is 18.3 Å². The van der Waals surface area contributed by atoms with Crippen molar-refractivity contribution in [3.05, 3.63) is 11.3 Å². The van der Waals surface area contributed by atoms with E-state index in [1.165, 1.54) is 10.8 Å². The molecular weight excluding hydrogens is 233 g/mol. The SMILES string of the molecule is OC(Cc1nn2cnnc2s1)C(F)(F)F. The van der Waals surface area contributed by atoms with Gasteiger partial charge in [-0.1, -0.05) is 11.3 Å². The second kappa shape index (κ2) is 3.42. The molecule has 1 atom stereocenters. The van der Waals surface area contributed by atoms with Crippen LogP contribution in [0.15, 0.2) is 6.33 Å². The average molecular weight is 238 g/mol. The predicted molar refractivity (Wildman–Crippen MR) is 44.4 cm³/mol. The predicted octanol–water partition coefficient (Wildman–Crippen LogP) is 0.651. The molecule has 0 radical (unpaired) electrons. The van der Waals surface area contributed by atoms with Gasteiger partial charge in [0.05, 0.1) is 0 Å². The molecule has 15 heavy (non-hydrogen) atoms. The summed E-state index contributed by atoms with van der Waals surface area (Å²) in [5.41, 5.74) is 0. The van der Waals surface area contributed by atoms with Crippen LogP contribution in [-0.4, -0.2) is 37.2 Å². The summed E-state index contributed by atoms with van der Waals surface area (Å²) in [7, 11) is 0. The molecule has 1 N–H and O–H groups in total. The van der Waals surface area contributed by atoms with Crippen molar-refractivity contribution in [2.45, 2.75) is 18.7 Å². The minimum Gasteiger partial charge on any atom is -0.383 e. The Kier molecular flexibility index (Phi) is 2.35. The van der Waals surface area contributed by atoms with Gasteiger partial charge in [-0.25, -0.2) is 0 Å². The van der Waals surface area contributed by atoms with Gasteiger partial charge in [0.1, 0.15) is 11.3 Å². The van der Waals surface area contributed by atoms with Crippen molar-refractivity contribution in [1.82, 2.24) is 19.8 Å². The molecule has 2 aromatic heterocycles. The summed E-state index contributed by atoms with van der Waals surface area (Å²) in [5, 5.41) is 19.9. The number of hydrogen-bond acceptors (Lipinski definition) is 5. The van der Waals surface area contributed by atoms with Crippen molar-refractivity contribution in [3.8, 4) is 0 Å². The lowest BCUT2D eigenvalue weighted by molar-refractivity contribution is -0.203. The van der Waals surface area contributed by atoms with Gasteiger partial charge in [0.2, 0.25) is 4.96 Å². The molecule has 82 valence electrons. The molecule has 0 bridgehead atoms. The lowest BCUT2D eigenvalue weighted by atomic mass is 10.2. The summed E-state index contributed by atoms with van der Waals surface area (Å²) >= 11 is 0.967. The Balaban J connectivity index is 2.16. The summed E-state index contributed by atoms with van der Waals surface area (Å²) in [6.07, 6.45) is -6.28. The van der Waals surface area contributed by atoms with Crippen LogP contribution in [0.4, 0.5) is 13.2 Å². The number of alkyl halides is 3. The van der Waals surface area contributed by atoms with Gasteiger partial charge in [-0.2, -0.15) is 22.8 Å². The smallest absolute Gasteiger partial charge is 0.383 e. The third kappa shape index (κ3) is 2.07. The first-order valence-electron chi connectivity index (χ1n) is 3.87. The van der Waals surface area contributed by atoms with E-state index in [0.29, 0.717) is 4.96 Å². The molecule has 0 saturated carbocycles. The maximum atomic E-state index is 12.0. The first kappa shape index (κ1) is 10.3. The van der Waals surface area contributed by atoms with Crippen LogP contribution in [0.2, 0.25) is 0 Å². The number of aromatic nitrogens is 4. The molecule has 0 aromatic carbocycles. The Bertz CT molecular complexity index is 436. The minimum atomic E-state index is -4.62. The Morgan fingerprint density at radius 1 is 1.53 bits per heavy atom. The monoisotopic (exact) mass is 238 g/mol. The standard InChI is InChI=1S/C6H5F3N4OS/c7-6(8,9)3(14)1-4-12-13-2-10-11-5(13)15-4/h2-3,14H,1H2. The van der Waals surface area contributed by atoms with Gasteiger partial charge < -0.3 is 5.11 Å². The van der Waals surface area contributed by atoms with Crippen LogP contribution in [0.3, 0.4) is 0 Å². The van der Waals surface area contributed by atoms with Gasteiger partial charge in [0.15, 0.2) is 6.10 Å². The second-order valence-electron chi connectivity index (χ2n) is 2.82. The second-order valence-corrected chi connectivity index (χ2v) is 3.86. The number of aliphatic hydroxyl groups is 1. The molecule has 0 aliphatic rings. The lowest BCUT2D eigenvalue weighted by Gasteiger charge is -2.11. The molecule has 0 spiro atoms. The molecule has 1 unspecified atom stereocenters. The molecule has 2 rings (SSSR count). The average Bonchev–Trinajstić information content (AvgIpc) is 2.61. The molecule has 0 amide bonds. The van der Waals surface area contributed by atoms with Crippen molar-refractivity contribution in [2.75, 3.05) is 0 Å². The zero-order chi connectivity index (χ0) is 11.1. The zero-order valence-corrected chi connectivity index (χ0v) is 7.96. The van der Waals surface area contributed by atoms with Crippen molar-refractivity contribution in [2.24, 2.45) is 0 Å². The summed E-state index contributed by atoms with van der Waals surface area (Å²) in [6.45, 7) is 0. The van der Waals surface area contributed by atoms with E-state index in [-0.39, 0.29) is 5.01 Å². The fourth-order valence-corrected chi connectivity index (χ4v) is 1.81. The molecule has 0 aliphatic carbocycles. The highest BCUT2D eigenvalue weighted by atomic mass is 32.1. The number of fused-ring (bicyclic) bond motifs is 1. The molecule has 9 heteroatoms. The highest BCUT2D eigenvalue weighted by Crippen LogP contribution is 2.24. The summed E-state index contributed by atoms with van der Waals surface area (Å²) in [6, 6.07) is 0. The molecule has 0 fully saturated rings. The van der Waals surface area contributed by atoms with Crippen LogP contribution in [-0.2, 0) is 6.42 Å². The Labute approximate surface area is 85.2 Å². The molecular formula is C6H5F3N4OS. The maximum absolute atomic E-state index is 12.0.